The second-order valence-electron chi connectivity index (χ2n) is 3.70. The second kappa shape index (κ2) is 5.15. The predicted octanol–water partition coefficient (Wildman–Crippen LogP) is 3.20. The number of benzene rings is 1. The van der Waals surface area contributed by atoms with Crippen LogP contribution in [0.25, 0.3) is 11.3 Å². The van der Waals surface area contributed by atoms with Gasteiger partial charge in [0.2, 0.25) is 0 Å². The molecule has 88 valence electrons. The van der Waals surface area contributed by atoms with E-state index >= 15 is 0 Å². The van der Waals surface area contributed by atoms with Gasteiger partial charge in [-0.25, -0.2) is 9.97 Å². The van der Waals surface area contributed by atoms with Crippen LogP contribution in [-0.2, 0) is 5.88 Å². The minimum absolute atomic E-state index is 0.308. The molecule has 0 spiro atoms. The molecule has 2 rings (SSSR count). The summed E-state index contributed by atoms with van der Waals surface area (Å²) >= 11 is 5.74. The summed E-state index contributed by atoms with van der Waals surface area (Å²) in [6.45, 7) is 2.03. The first-order chi connectivity index (χ1) is 8.24. The average Bonchev–Trinajstić information content (AvgIpc) is 2.39. The lowest BCUT2D eigenvalue weighted by molar-refractivity contribution is 0.416. The summed E-state index contributed by atoms with van der Waals surface area (Å²) in [6.07, 6.45) is 1.71. The van der Waals surface area contributed by atoms with Crippen LogP contribution in [0.2, 0.25) is 0 Å². The van der Waals surface area contributed by atoms with Gasteiger partial charge >= 0.3 is 0 Å². The number of nitrogens with zero attached hydrogens (tertiary/aromatic N) is 2. The maximum atomic E-state index is 5.74. The lowest BCUT2D eigenvalue weighted by Gasteiger charge is -2.09. The van der Waals surface area contributed by atoms with Gasteiger partial charge in [0, 0.05) is 11.8 Å². The third kappa shape index (κ3) is 2.56. The summed E-state index contributed by atoms with van der Waals surface area (Å²) < 4.78 is 5.33. The molecule has 0 N–H and O–H groups in total. The Morgan fingerprint density at radius 2 is 2.12 bits per heavy atom. The first-order valence-corrected chi connectivity index (χ1v) is 5.81. The Morgan fingerprint density at radius 1 is 1.29 bits per heavy atom. The molecule has 0 aliphatic heterocycles. The van der Waals surface area contributed by atoms with E-state index in [2.05, 4.69) is 9.97 Å². The van der Waals surface area contributed by atoms with E-state index in [0.29, 0.717) is 11.7 Å². The van der Waals surface area contributed by atoms with E-state index in [4.69, 9.17) is 16.3 Å². The summed E-state index contributed by atoms with van der Waals surface area (Å²) in [6, 6.07) is 7.84. The van der Waals surface area contributed by atoms with E-state index < -0.39 is 0 Å². The molecule has 0 atom stereocenters. The van der Waals surface area contributed by atoms with Gasteiger partial charge < -0.3 is 4.74 Å². The van der Waals surface area contributed by atoms with Gasteiger partial charge in [-0.1, -0.05) is 11.6 Å². The van der Waals surface area contributed by atoms with E-state index in [9.17, 15) is 0 Å². The Labute approximate surface area is 105 Å². The number of hydrogen-bond acceptors (Lipinski definition) is 3. The van der Waals surface area contributed by atoms with Crippen LogP contribution in [0.1, 0.15) is 11.4 Å². The molecule has 0 amide bonds. The van der Waals surface area contributed by atoms with Gasteiger partial charge in [0.1, 0.15) is 11.6 Å². The summed E-state index contributed by atoms with van der Waals surface area (Å²) in [5.41, 5.74) is 2.95. The normalized spacial score (nSPS) is 10.3. The minimum atomic E-state index is 0.308. The molecule has 1 aromatic carbocycles. The molecule has 3 nitrogen and oxygen atoms in total. The van der Waals surface area contributed by atoms with Crippen molar-refractivity contribution in [3.63, 3.8) is 0 Å². The molecule has 0 radical (unpaired) electrons. The van der Waals surface area contributed by atoms with Crippen LogP contribution in [0, 0.1) is 6.92 Å². The fourth-order valence-electron chi connectivity index (χ4n) is 1.64. The summed E-state index contributed by atoms with van der Waals surface area (Å²) in [7, 11) is 1.65. The van der Waals surface area contributed by atoms with Gasteiger partial charge in [0.25, 0.3) is 0 Å². The van der Waals surface area contributed by atoms with Gasteiger partial charge in [-0.05, 0) is 25.1 Å². The summed E-state index contributed by atoms with van der Waals surface area (Å²) in [5.74, 6) is 1.73. The molecule has 4 heteroatoms. The zero-order valence-corrected chi connectivity index (χ0v) is 10.5. The zero-order valence-electron chi connectivity index (χ0n) is 9.77. The first kappa shape index (κ1) is 11.9. The van der Waals surface area contributed by atoms with Gasteiger partial charge in [-0.15, -0.1) is 11.6 Å². The standard InChI is InChI=1S/C13H13ClN2O/c1-9-3-4-12(17-2)10(7-9)11-5-6-15-13(8-14)16-11/h3-7H,8H2,1-2H3. The molecule has 0 unspecified atom stereocenters. The first-order valence-electron chi connectivity index (χ1n) is 5.27. The molecule has 0 bridgehead atoms. The molecule has 0 saturated heterocycles. The van der Waals surface area contributed by atoms with E-state index in [1.165, 1.54) is 0 Å². The molecule has 2 aromatic rings. The third-order valence-corrected chi connectivity index (χ3v) is 2.69. The Morgan fingerprint density at radius 3 is 2.82 bits per heavy atom. The molecule has 0 fully saturated rings. The highest BCUT2D eigenvalue weighted by Gasteiger charge is 2.08. The quantitative estimate of drug-likeness (QED) is 0.783. The lowest BCUT2D eigenvalue weighted by Crippen LogP contribution is -1.95. The van der Waals surface area contributed by atoms with Crippen molar-refractivity contribution < 1.29 is 4.74 Å². The highest BCUT2D eigenvalue weighted by molar-refractivity contribution is 6.16. The van der Waals surface area contributed by atoms with Crippen molar-refractivity contribution in [1.82, 2.24) is 9.97 Å². The number of methoxy groups -OCH3 is 1. The fourth-order valence-corrected chi connectivity index (χ4v) is 1.76. The zero-order chi connectivity index (χ0) is 12.3. The van der Waals surface area contributed by atoms with E-state index in [0.717, 1.165) is 22.6 Å². The monoisotopic (exact) mass is 248 g/mol. The van der Waals surface area contributed by atoms with Gasteiger partial charge in [0.05, 0.1) is 18.7 Å². The van der Waals surface area contributed by atoms with Crippen LogP contribution in [-0.4, -0.2) is 17.1 Å². The Kier molecular flexibility index (Phi) is 3.59. The van der Waals surface area contributed by atoms with Crippen molar-refractivity contribution in [2.45, 2.75) is 12.8 Å². The molecule has 1 heterocycles. The third-order valence-electron chi connectivity index (χ3n) is 2.46. The number of aryl methyl sites for hydroxylation is 1. The lowest BCUT2D eigenvalue weighted by atomic mass is 10.1. The van der Waals surface area contributed by atoms with Crippen LogP contribution in [0.4, 0.5) is 0 Å². The van der Waals surface area contributed by atoms with Crippen LogP contribution in [0.3, 0.4) is 0 Å². The van der Waals surface area contributed by atoms with Gasteiger partial charge in [-0.3, -0.25) is 0 Å². The largest absolute Gasteiger partial charge is 0.496 e. The van der Waals surface area contributed by atoms with Crippen molar-refractivity contribution in [2.24, 2.45) is 0 Å². The van der Waals surface area contributed by atoms with Crippen LogP contribution >= 0.6 is 11.6 Å². The van der Waals surface area contributed by atoms with Crippen molar-refractivity contribution in [3.05, 3.63) is 41.9 Å². The highest BCUT2D eigenvalue weighted by atomic mass is 35.5. The highest BCUT2D eigenvalue weighted by Crippen LogP contribution is 2.29. The van der Waals surface area contributed by atoms with Crippen molar-refractivity contribution in [1.29, 1.82) is 0 Å². The second-order valence-corrected chi connectivity index (χ2v) is 3.96. The van der Waals surface area contributed by atoms with E-state index in [1.807, 2.05) is 31.2 Å². The number of halogens is 1. The van der Waals surface area contributed by atoms with Crippen molar-refractivity contribution in [2.75, 3.05) is 7.11 Å². The topological polar surface area (TPSA) is 35.0 Å². The van der Waals surface area contributed by atoms with Crippen LogP contribution in [0.15, 0.2) is 30.5 Å². The number of rotatable bonds is 3. The Balaban J connectivity index is 2.54. The fraction of sp³-hybridized carbons (Fsp3) is 0.231. The predicted molar refractivity (Wildman–Crippen MR) is 68.3 cm³/mol. The number of ether oxygens (including phenoxy) is 1. The molecule has 0 aliphatic rings. The SMILES string of the molecule is COc1ccc(C)cc1-c1ccnc(CCl)n1. The molecular formula is C13H13ClN2O. The molecule has 17 heavy (non-hydrogen) atoms. The smallest absolute Gasteiger partial charge is 0.143 e. The van der Waals surface area contributed by atoms with Crippen LogP contribution in [0.5, 0.6) is 5.75 Å². The van der Waals surface area contributed by atoms with Crippen molar-refractivity contribution >= 4 is 11.6 Å². The number of aromatic nitrogens is 2. The maximum absolute atomic E-state index is 5.74. The molecule has 0 saturated carbocycles. The summed E-state index contributed by atoms with van der Waals surface area (Å²) in [4.78, 5) is 8.47. The average molecular weight is 249 g/mol. The van der Waals surface area contributed by atoms with Crippen molar-refractivity contribution in [3.8, 4) is 17.0 Å². The van der Waals surface area contributed by atoms with Crippen LogP contribution < -0.4 is 4.74 Å². The number of alkyl halides is 1. The summed E-state index contributed by atoms with van der Waals surface area (Å²) in [5, 5.41) is 0. The van der Waals surface area contributed by atoms with E-state index in [1.54, 1.807) is 13.3 Å². The number of hydrogen-bond donors (Lipinski definition) is 0. The Bertz CT molecular complexity index is 529. The Hall–Kier alpha value is -1.61. The minimum Gasteiger partial charge on any atom is -0.496 e. The van der Waals surface area contributed by atoms with Gasteiger partial charge in [0.15, 0.2) is 0 Å². The molecule has 0 aliphatic carbocycles. The van der Waals surface area contributed by atoms with E-state index in [-0.39, 0.29) is 0 Å². The van der Waals surface area contributed by atoms with Gasteiger partial charge in [-0.2, -0.15) is 0 Å². The molecule has 1 aromatic heterocycles. The molecular weight excluding hydrogens is 236 g/mol. The maximum Gasteiger partial charge on any atom is 0.143 e.